The number of amides is 2. The number of carbonyl (C=O) groups is 2. The van der Waals surface area contributed by atoms with Gasteiger partial charge in [0.25, 0.3) is 11.8 Å². The number of aliphatic hydroxyl groups is 1. The van der Waals surface area contributed by atoms with Crippen molar-refractivity contribution in [2.24, 2.45) is 0 Å². The van der Waals surface area contributed by atoms with Crippen molar-refractivity contribution in [3.05, 3.63) is 59.3 Å². The van der Waals surface area contributed by atoms with E-state index in [1.165, 1.54) is 4.90 Å². The smallest absolute Gasteiger partial charge is 0.261 e. The van der Waals surface area contributed by atoms with Crippen molar-refractivity contribution in [2.45, 2.75) is 63.3 Å². The number of para-hydroxylation sites is 1. The van der Waals surface area contributed by atoms with Gasteiger partial charge >= 0.3 is 0 Å². The summed E-state index contributed by atoms with van der Waals surface area (Å²) >= 11 is 0. The number of anilines is 4. The maximum Gasteiger partial charge on any atom is 0.261 e. The second kappa shape index (κ2) is 12.5. The predicted molar refractivity (Wildman–Crippen MR) is 167 cm³/mol. The fraction of sp³-hybridized carbons (Fsp3) is 0.419. The molecule has 234 valence electrons. The third-order valence-corrected chi connectivity index (χ3v) is 9.91. The molecule has 2 aliphatic heterocycles. The molecule has 3 N–H and O–H groups in total. The summed E-state index contributed by atoms with van der Waals surface area (Å²) in [7, 11) is -3.56. The first-order valence-electron chi connectivity index (χ1n) is 14.7. The van der Waals surface area contributed by atoms with Crippen LogP contribution >= 0.6 is 0 Å². The molecule has 13 heteroatoms. The zero-order valence-corrected chi connectivity index (χ0v) is 26.3. The molecule has 2 aliphatic rings. The number of nitrogens with one attached hydrogen (secondary N) is 2. The number of aromatic nitrogens is 2. The van der Waals surface area contributed by atoms with Crippen LogP contribution in [0.4, 0.5) is 23.1 Å². The van der Waals surface area contributed by atoms with Gasteiger partial charge in [-0.3, -0.25) is 19.4 Å². The Morgan fingerprint density at radius 2 is 1.75 bits per heavy atom. The zero-order valence-electron chi connectivity index (χ0n) is 25.5. The van der Waals surface area contributed by atoms with Gasteiger partial charge < -0.3 is 20.5 Å². The van der Waals surface area contributed by atoms with Crippen molar-refractivity contribution in [3.8, 4) is 5.75 Å². The summed E-state index contributed by atoms with van der Waals surface area (Å²) in [5.74, 6) is 0.193. The highest BCUT2D eigenvalue weighted by atomic mass is 32.2. The molecule has 44 heavy (non-hydrogen) atoms. The highest BCUT2D eigenvalue weighted by Gasteiger charge is 2.43. The number of benzene rings is 2. The van der Waals surface area contributed by atoms with Crippen molar-refractivity contribution in [1.82, 2.24) is 19.8 Å². The third kappa shape index (κ3) is 6.12. The van der Waals surface area contributed by atoms with Crippen molar-refractivity contribution in [1.29, 1.82) is 0 Å². The SMILES string of the molecule is Cc1cnc(Nc2cc3c(cc2OC(C)C)C(=O)N([C@H]2CCN(CCO)C2)C3=O)nc1Nc1ccccc1S(=O)(=O)C(C)C. The Labute approximate surface area is 257 Å². The van der Waals surface area contributed by atoms with E-state index in [4.69, 9.17) is 4.74 Å². The Hall–Kier alpha value is -4.07. The molecule has 0 saturated carbocycles. The number of aryl methyl sites for hydroxylation is 1. The Balaban J connectivity index is 1.46. The van der Waals surface area contributed by atoms with Crippen molar-refractivity contribution >= 4 is 44.8 Å². The number of rotatable bonds is 11. The summed E-state index contributed by atoms with van der Waals surface area (Å²) in [6.45, 7) is 10.5. The molecule has 1 atom stereocenters. The van der Waals surface area contributed by atoms with Gasteiger partial charge in [0.2, 0.25) is 5.95 Å². The average Bonchev–Trinajstić information content (AvgIpc) is 3.52. The van der Waals surface area contributed by atoms with E-state index in [-0.39, 0.29) is 52.5 Å². The summed E-state index contributed by atoms with van der Waals surface area (Å²) in [6, 6.07) is 9.55. The van der Waals surface area contributed by atoms with Gasteiger partial charge in [-0.1, -0.05) is 12.1 Å². The number of sulfone groups is 1. The fourth-order valence-corrected chi connectivity index (χ4v) is 6.58. The molecular formula is C31H38N6O6S. The number of carbonyl (C=O) groups excluding carboxylic acids is 2. The molecule has 3 heterocycles. The first kappa shape index (κ1) is 31.4. The highest BCUT2D eigenvalue weighted by molar-refractivity contribution is 7.92. The lowest BCUT2D eigenvalue weighted by atomic mass is 10.1. The van der Waals surface area contributed by atoms with Crippen LogP contribution in [0.3, 0.4) is 0 Å². The van der Waals surface area contributed by atoms with E-state index in [0.717, 1.165) is 0 Å². The summed E-state index contributed by atoms with van der Waals surface area (Å²) < 4.78 is 32.0. The van der Waals surface area contributed by atoms with Crippen molar-refractivity contribution < 1.29 is 27.9 Å². The third-order valence-electron chi connectivity index (χ3n) is 7.70. The largest absolute Gasteiger partial charge is 0.489 e. The molecule has 0 spiro atoms. The number of hydrogen-bond donors (Lipinski definition) is 3. The first-order chi connectivity index (χ1) is 20.9. The topological polar surface area (TPSA) is 154 Å². The van der Waals surface area contributed by atoms with E-state index in [1.807, 2.05) is 18.7 Å². The molecule has 0 radical (unpaired) electrons. The van der Waals surface area contributed by atoms with Crippen molar-refractivity contribution in [2.75, 3.05) is 36.9 Å². The number of hydrogen-bond acceptors (Lipinski definition) is 11. The summed E-state index contributed by atoms with van der Waals surface area (Å²) in [6.07, 6.45) is 2.01. The Morgan fingerprint density at radius 3 is 2.43 bits per heavy atom. The van der Waals surface area contributed by atoms with Crippen LogP contribution in [-0.2, 0) is 9.84 Å². The minimum absolute atomic E-state index is 0.0155. The Morgan fingerprint density at radius 1 is 1.05 bits per heavy atom. The minimum atomic E-state index is -3.56. The average molecular weight is 623 g/mol. The van der Waals surface area contributed by atoms with E-state index in [2.05, 4.69) is 20.6 Å². The van der Waals surface area contributed by atoms with Crippen LogP contribution in [0, 0.1) is 6.92 Å². The Bertz CT molecular complexity index is 1690. The normalized spacial score (nSPS) is 17.1. The second-order valence-corrected chi connectivity index (χ2v) is 14.0. The van der Waals surface area contributed by atoms with Crippen LogP contribution in [0.2, 0.25) is 0 Å². The molecule has 3 aromatic rings. The molecule has 5 rings (SSSR count). The monoisotopic (exact) mass is 622 g/mol. The quantitative estimate of drug-likeness (QED) is 0.267. The highest BCUT2D eigenvalue weighted by Crippen LogP contribution is 2.37. The lowest BCUT2D eigenvalue weighted by Crippen LogP contribution is -2.41. The van der Waals surface area contributed by atoms with Crippen LogP contribution in [0.15, 0.2) is 47.5 Å². The van der Waals surface area contributed by atoms with E-state index in [9.17, 15) is 23.1 Å². The maximum absolute atomic E-state index is 13.5. The number of ether oxygens (including phenoxy) is 1. The number of imide groups is 1. The lowest BCUT2D eigenvalue weighted by molar-refractivity contribution is 0.0587. The maximum atomic E-state index is 13.5. The van der Waals surface area contributed by atoms with Crippen LogP contribution < -0.4 is 15.4 Å². The second-order valence-electron chi connectivity index (χ2n) is 11.6. The first-order valence-corrected chi connectivity index (χ1v) is 16.2. The van der Waals surface area contributed by atoms with E-state index < -0.39 is 15.1 Å². The van der Waals surface area contributed by atoms with Crippen LogP contribution in [0.1, 0.15) is 60.4 Å². The Kier molecular flexibility index (Phi) is 8.91. The van der Waals surface area contributed by atoms with Gasteiger partial charge in [-0.05, 0) is 65.3 Å². The van der Waals surface area contributed by atoms with E-state index in [0.29, 0.717) is 54.6 Å². The molecule has 0 unspecified atom stereocenters. The van der Waals surface area contributed by atoms with Gasteiger partial charge in [0.05, 0.1) is 51.4 Å². The van der Waals surface area contributed by atoms with Crippen molar-refractivity contribution in [3.63, 3.8) is 0 Å². The number of fused-ring (bicyclic) bond motifs is 1. The number of nitrogens with zero attached hydrogens (tertiary/aromatic N) is 4. The van der Waals surface area contributed by atoms with Gasteiger partial charge in [0.1, 0.15) is 11.6 Å². The standard InChI is InChI=1S/C31H38N6O6S/c1-18(2)43-26-15-23-22(29(39)37(30(23)40)21-10-11-36(17-21)12-13-38)14-25(26)34-31-32-16-20(5)28(35-31)33-24-8-6-7-9-27(24)44(41,42)19(3)4/h6-9,14-16,18-19,21,38H,10-13,17H2,1-5H3,(H2,32,33,34,35)/t21-/m0/s1. The molecule has 1 aromatic heterocycles. The molecule has 1 saturated heterocycles. The molecule has 2 aromatic carbocycles. The van der Waals surface area contributed by atoms with Gasteiger partial charge in [-0.25, -0.2) is 13.4 Å². The molecule has 12 nitrogen and oxygen atoms in total. The van der Waals surface area contributed by atoms with E-state index >= 15 is 0 Å². The fourth-order valence-electron chi connectivity index (χ4n) is 5.38. The summed E-state index contributed by atoms with van der Waals surface area (Å²) in [4.78, 5) is 39.5. The molecule has 0 bridgehead atoms. The predicted octanol–water partition coefficient (Wildman–Crippen LogP) is 3.90. The number of likely N-dealkylation sites (tertiary alicyclic amines) is 1. The summed E-state index contributed by atoms with van der Waals surface area (Å²) in [5, 5.41) is 15.0. The molecular weight excluding hydrogens is 584 g/mol. The molecule has 2 amide bonds. The van der Waals surface area contributed by atoms with Gasteiger partial charge in [-0.15, -0.1) is 0 Å². The minimum Gasteiger partial charge on any atom is -0.489 e. The molecule has 1 fully saturated rings. The van der Waals surface area contributed by atoms with Gasteiger partial charge in [0.15, 0.2) is 9.84 Å². The van der Waals surface area contributed by atoms with Crippen LogP contribution in [0.25, 0.3) is 0 Å². The molecule has 0 aliphatic carbocycles. The number of β-amino-alcohol motifs (C(OH)–C–C–N with tert-alkyl or cyclic N) is 1. The van der Waals surface area contributed by atoms with Crippen LogP contribution in [-0.4, -0.2) is 88.7 Å². The number of aliphatic hydroxyl groups excluding tert-OH is 1. The van der Waals surface area contributed by atoms with Crippen LogP contribution in [0.5, 0.6) is 5.75 Å². The summed E-state index contributed by atoms with van der Waals surface area (Å²) in [5.41, 5.74) is 2.01. The van der Waals surface area contributed by atoms with Gasteiger partial charge in [-0.2, -0.15) is 4.98 Å². The lowest BCUT2D eigenvalue weighted by Gasteiger charge is -2.22. The van der Waals surface area contributed by atoms with E-state index in [1.54, 1.807) is 63.4 Å². The zero-order chi connectivity index (χ0) is 31.8. The van der Waals surface area contributed by atoms with Gasteiger partial charge in [0, 0.05) is 31.4 Å².